The van der Waals surface area contributed by atoms with Crippen LogP contribution in [0.3, 0.4) is 0 Å². The van der Waals surface area contributed by atoms with Crippen LogP contribution in [0, 0.1) is 5.41 Å². The number of nitrogens with one attached hydrogen (secondary N) is 1. The van der Waals surface area contributed by atoms with Crippen molar-refractivity contribution in [2.24, 2.45) is 9.98 Å². The first-order valence-electron chi connectivity index (χ1n) is 27.3. The van der Waals surface area contributed by atoms with Crippen molar-refractivity contribution >= 4 is 85.5 Å². The molecule has 7 heteroatoms. The zero-order chi connectivity index (χ0) is 52.9. The molecule has 0 bridgehead atoms. The summed E-state index contributed by atoms with van der Waals surface area (Å²) < 4.78 is 4.64. The summed E-state index contributed by atoms with van der Waals surface area (Å²) in [7, 11) is 0. The maximum Gasteiger partial charge on any atom is 0.163 e. The van der Waals surface area contributed by atoms with E-state index in [2.05, 4.69) is 262 Å². The van der Waals surface area contributed by atoms with Gasteiger partial charge in [0.05, 0.1) is 33.3 Å². The molecule has 0 amide bonds. The van der Waals surface area contributed by atoms with Crippen molar-refractivity contribution in [2.75, 3.05) is 9.80 Å². The fourth-order valence-corrected chi connectivity index (χ4v) is 11.3. The predicted molar refractivity (Wildman–Crippen MR) is 333 cm³/mol. The number of allylic oxidation sites excluding steroid dienone is 16. The largest absolute Gasteiger partial charge is 0.311 e. The number of hydrogen-bond acceptors (Lipinski definition) is 3. The summed E-state index contributed by atoms with van der Waals surface area (Å²) in [5.74, 6) is 0.524. The van der Waals surface area contributed by atoms with E-state index in [1.54, 1.807) is 0 Å². The molecule has 0 radical (unpaired) electrons. The van der Waals surface area contributed by atoms with Gasteiger partial charge in [0.2, 0.25) is 0 Å². The Kier molecular flexibility index (Phi) is 13.4. The zero-order valence-corrected chi connectivity index (χ0v) is 43.8. The lowest BCUT2D eigenvalue weighted by Gasteiger charge is -2.27. The molecule has 4 aliphatic carbocycles. The third-order valence-corrected chi connectivity index (χ3v) is 14.9. The third-order valence-electron chi connectivity index (χ3n) is 14.9. The number of nitrogens with zero attached hydrogens (tertiary/aromatic N) is 6. The van der Waals surface area contributed by atoms with Gasteiger partial charge in [0.15, 0.2) is 11.7 Å². The number of para-hydroxylation sites is 5. The van der Waals surface area contributed by atoms with Crippen molar-refractivity contribution in [2.45, 2.75) is 32.1 Å². The number of rotatable bonds is 11. The second-order valence-corrected chi connectivity index (χ2v) is 19.8. The van der Waals surface area contributed by atoms with Crippen molar-refractivity contribution < 1.29 is 0 Å². The van der Waals surface area contributed by atoms with E-state index in [4.69, 9.17) is 9.98 Å². The molecule has 0 unspecified atom stereocenters. The van der Waals surface area contributed by atoms with Crippen LogP contribution in [-0.4, -0.2) is 27.0 Å². The van der Waals surface area contributed by atoms with E-state index in [1.807, 2.05) is 36.6 Å². The van der Waals surface area contributed by atoms with E-state index in [-0.39, 0.29) is 5.84 Å². The minimum atomic E-state index is 0.0956. The van der Waals surface area contributed by atoms with Gasteiger partial charge in [-0.2, -0.15) is 0 Å². The topological polar surface area (TPSA) is 64.9 Å². The van der Waals surface area contributed by atoms with Gasteiger partial charge < -0.3 is 18.9 Å². The van der Waals surface area contributed by atoms with Gasteiger partial charge in [0, 0.05) is 72.9 Å². The normalized spacial score (nSPS) is 15.0. The molecule has 0 spiro atoms. The summed E-state index contributed by atoms with van der Waals surface area (Å²) >= 11 is 0. The first kappa shape index (κ1) is 48.5. The van der Waals surface area contributed by atoms with E-state index in [1.165, 1.54) is 10.9 Å². The maximum absolute atomic E-state index is 10.1. The number of amidine groups is 2. The number of aliphatic imine (C=N–C) groups is 2. The van der Waals surface area contributed by atoms with Crippen LogP contribution < -0.4 is 20.4 Å². The van der Waals surface area contributed by atoms with Crippen molar-refractivity contribution in [3.63, 3.8) is 0 Å². The SMILES string of the molecule is N=C(/N=C(\N=C\C1=CCC=CC=C1)c1ccccc1-n1c2c(c3cc(N(C4=CCCC=C4)c4ccccc4)ccc31)=CCC=CC=2)c1ccccc1-n1c2ccccc2c2cc(N(C3=CC=CCC=C3)c3ccccc3)ccc21. The first-order valence-corrected chi connectivity index (χ1v) is 27.3. The van der Waals surface area contributed by atoms with E-state index >= 15 is 0 Å². The average Bonchev–Trinajstić information content (AvgIpc) is 3.99. The average molecular weight is 1020 g/mol. The summed E-state index contributed by atoms with van der Waals surface area (Å²) in [4.78, 5) is 15.3. The highest BCUT2D eigenvalue weighted by atomic mass is 15.2. The van der Waals surface area contributed by atoms with Gasteiger partial charge in [-0.25, -0.2) is 9.98 Å². The lowest BCUT2D eigenvalue weighted by Crippen LogP contribution is -2.28. The molecule has 7 nitrogen and oxygen atoms in total. The highest BCUT2D eigenvalue weighted by Crippen LogP contribution is 2.40. The van der Waals surface area contributed by atoms with Crippen molar-refractivity contribution in [3.8, 4) is 11.4 Å². The minimum Gasteiger partial charge on any atom is -0.311 e. The van der Waals surface area contributed by atoms with E-state index in [0.29, 0.717) is 11.4 Å². The Hall–Kier alpha value is -10.1. The summed E-state index contributed by atoms with van der Waals surface area (Å²) in [6, 6.07) is 59.8. The van der Waals surface area contributed by atoms with Crippen LogP contribution in [0.1, 0.15) is 43.2 Å². The maximum atomic E-state index is 10.1. The van der Waals surface area contributed by atoms with Gasteiger partial charge >= 0.3 is 0 Å². The van der Waals surface area contributed by atoms with Gasteiger partial charge in [-0.15, -0.1) is 0 Å². The molecule has 0 fully saturated rings. The van der Waals surface area contributed by atoms with Crippen LogP contribution in [0.2, 0.25) is 0 Å². The number of fused-ring (bicyclic) bond motifs is 6. The van der Waals surface area contributed by atoms with E-state index in [9.17, 15) is 5.41 Å². The predicted octanol–water partition coefficient (Wildman–Crippen LogP) is 16.4. The first-order chi connectivity index (χ1) is 39.2. The smallest absolute Gasteiger partial charge is 0.163 e. The molecule has 0 saturated heterocycles. The molecule has 1 N–H and O–H groups in total. The monoisotopic (exact) mass is 1020 g/mol. The Balaban J connectivity index is 0.961. The van der Waals surface area contributed by atoms with Gasteiger partial charge in [0.1, 0.15) is 0 Å². The lowest BCUT2D eigenvalue weighted by atomic mass is 10.1. The molecule has 0 aliphatic heterocycles. The zero-order valence-electron chi connectivity index (χ0n) is 43.8. The van der Waals surface area contributed by atoms with Gasteiger partial charge in [-0.05, 0) is 153 Å². The summed E-state index contributed by atoms with van der Waals surface area (Å²) in [5, 5.41) is 15.8. The number of aromatic nitrogens is 2. The summed E-state index contributed by atoms with van der Waals surface area (Å²) in [6.45, 7) is 0. The molecule has 4 aliphatic rings. The molecule has 9 aromatic rings. The van der Waals surface area contributed by atoms with E-state index in [0.717, 1.165) is 121 Å². The van der Waals surface area contributed by atoms with Crippen LogP contribution in [-0.2, 0) is 0 Å². The van der Waals surface area contributed by atoms with Crippen LogP contribution in [0.15, 0.2) is 288 Å². The lowest BCUT2D eigenvalue weighted by molar-refractivity contribution is 0.997. The highest BCUT2D eigenvalue weighted by Gasteiger charge is 2.23. The van der Waals surface area contributed by atoms with Crippen molar-refractivity contribution in [1.29, 1.82) is 5.41 Å². The second kappa shape index (κ2) is 21.9. The molecule has 2 aromatic heterocycles. The van der Waals surface area contributed by atoms with E-state index < -0.39 is 0 Å². The van der Waals surface area contributed by atoms with Crippen LogP contribution in [0.25, 0.3) is 56.2 Å². The molecule has 7 aromatic carbocycles. The Morgan fingerprint density at radius 3 is 1.86 bits per heavy atom. The Morgan fingerprint density at radius 2 is 1.08 bits per heavy atom. The number of hydrogen-bond donors (Lipinski definition) is 1. The summed E-state index contributed by atoms with van der Waals surface area (Å²) in [6.07, 6.45) is 43.5. The molecule has 0 saturated carbocycles. The van der Waals surface area contributed by atoms with Crippen LogP contribution >= 0.6 is 0 Å². The highest BCUT2D eigenvalue weighted by molar-refractivity contribution is 6.17. The fourth-order valence-electron chi connectivity index (χ4n) is 11.3. The van der Waals surface area contributed by atoms with Crippen LogP contribution in [0.4, 0.5) is 22.7 Å². The number of anilines is 4. The Bertz CT molecular complexity index is 4350. The quantitative estimate of drug-likeness (QED) is 0.104. The standard InChI is InChI=1S/C72H57N7/c73-71(61-39-22-25-43-67(61)78-66-42-24-21-38-60(66)64-50-57(45-47-69(64)78)76(54-31-13-5-14-32-54)53-29-11-3-4-12-30-53)75-72(74-51-52-27-9-1-2-10-28-52)62-40-23-26-44-68(62)79-65-41-20-8-19-37-59(65)63-49-58(46-48-70(63)79)77(55-33-15-6-16-34-55)56-35-17-7-18-36-56/h1-3,5-6,8-9,11-17,20-51,73H,4,7,10,18-19H2/b73-71?,74-51+,75-72-. The van der Waals surface area contributed by atoms with Crippen molar-refractivity contribution in [3.05, 3.63) is 300 Å². The Labute approximate surface area is 460 Å². The second-order valence-electron chi connectivity index (χ2n) is 19.8. The Morgan fingerprint density at radius 1 is 0.456 bits per heavy atom. The molecule has 380 valence electrons. The third kappa shape index (κ3) is 9.53. The molecule has 0 atom stereocenters. The van der Waals surface area contributed by atoms with Crippen LogP contribution in [0.5, 0.6) is 0 Å². The molecule has 13 rings (SSSR count). The summed E-state index contributed by atoms with van der Waals surface area (Å²) in [5.41, 5.74) is 13.9. The van der Waals surface area contributed by atoms with Gasteiger partial charge in [-0.3, -0.25) is 5.41 Å². The molecule has 79 heavy (non-hydrogen) atoms. The fraction of sp³-hybridized carbons (Fsp3) is 0.0694. The molecular formula is C72H57N7. The van der Waals surface area contributed by atoms with Crippen molar-refractivity contribution in [1.82, 2.24) is 9.13 Å². The van der Waals surface area contributed by atoms with Gasteiger partial charge in [-0.1, -0.05) is 158 Å². The molecular weight excluding hydrogens is 963 g/mol. The van der Waals surface area contributed by atoms with Gasteiger partial charge in [0.25, 0.3) is 0 Å². The minimum absolute atomic E-state index is 0.0956. The number of benzene rings is 7. The molecule has 2 heterocycles.